The number of ketones is 1. The summed E-state index contributed by atoms with van der Waals surface area (Å²) in [4.78, 5) is 26.9. The van der Waals surface area contributed by atoms with Gasteiger partial charge in [0.2, 0.25) is 0 Å². The smallest absolute Gasteiger partial charge is 0.320 e. The fraction of sp³-hybridized carbons (Fsp3) is 0.529. The monoisotopic (exact) mass is 305 g/mol. The van der Waals surface area contributed by atoms with Crippen LogP contribution < -0.4 is 0 Å². The van der Waals surface area contributed by atoms with Gasteiger partial charge in [0.25, 0.3) is 0 Å². The van der Waals surface area contributed by atoms with Crippen LogP contribution in [0.2, 0.25) is 0 Å². The second kappa shape index (κ2) is 5.47. The van der Waals surface area contributed by atoms with Gasteiger partial charge in [-0.05, 0) is 37.5 Å². The highest BCUT2D eigenvalue weighted by atomic mass is 19.1. The van der Waals surface area contributed by atoms with Crippen molar-refractivity contribution in [1.29, 1.82) is 0 Å². The SMILES string of the molecule is COC(=O)[C@]1(C)C(=O)C[C@H]2CC[C@H]1N2Cc1ccc(F)cc1. The number of methoxy groups -OCH3 is 1. The number of piperidine rings is 1. The number of rotatable bonds is 3. The summed E-state index contributed by atoms with van der Waals surface area (Å²) in [6.07, 6.45) is 2.09. The number of halogens is 1. The van der Waals surface area contributed by atoms with Crippen molar-refractivity contribution in [2.24, 2.45) is 5.41 Å². The van der Waals surface area contributed by atoms with E-state index < -0.39 is 11.4 Å². The molecule has 1 aromatic rings. The number of hydrogen-bond acceptors (Lipinski definition) is 4. The minimum Gasteiger partial charge on any atom is -0.468 e. The van der Waals surface area contributed by atoms with Gasteiger partial charge >= 0.3 is 5.97 Å². The molecule has 0 aromatic heterocycles. The van der Waals surface area contributed by atoms with Crippen LogP contribution in [-0.4, -0.2) is 35.8 Å². The molecule has 0 spiro atoms. The van der Waals surface area contributed by atoms with Crippen LogP contribution in [-0.2, 0) is 20.9 Å². The Morgan fingerprint density at radius 3 is 2.68 bits per heavy atom. The summed E-state index contributed by atoms with van der Waals surface area (Å²) < 4.78 is 17.9. The highest BCUT2D eigenvalue weighted by molar-refractivity contribution is 6.05. The predicted molar refractivity (Wildman–Crippen MR) is 78.5 cm³/mol. The van der Waals surface area contributed by atoms with Crippen LogP contribution in [0.5, 0.6) is 0 Å². The van der Waals surface area contributed by atoms with E-state index >= 15 is 0 Å². The maximum Gasteiger partial charge on any atom is 0.320 e. The summed E-state index contributed by atoms with van der Waals surface area (Å²) in [5.74, 6) is -0.742. The normalized spacial score (nSPS) is 31.3. The molecule has 22 heavy (non-hydrogen) atoms. The van der Waals surface area contributed by atoms with Crippen LogP contribution >= 0.6 is 0 Å². The first-order valence-corrected chi connectivity index (χ1v) is 7.58. The Hall–Kier alpha value is -1.75. The number of ether oxygens (including phenoxy) is 1. The number of carbonyl (C=O) groups is 2. The van der Waals surface area contributed by atoms with Crippen LogP contribution in [0, 0.1) is 11.2 Å². The zero-order valence-electron chi connectivity index (χ0n) is 12.8. The number of carbonyl (C=O) groups excluding carboxylic acids is 2. The lowest BCUT2D eigenvalue weighted by Gasteiger charge is -2.43. The number of fused-ring (bicyclic) bond motifs is 2. The van der Waals surface area contributed by atoms with E-state index in [4.69, 9.17) is 4.74 Å². The zero-order chi connectivity index (χ0) is 15.9. The molecule has 0 N–H and O–H groups in total. The molecule has 0 unspecified atom stereocenters. The predicted octanol–water partition coefficient (Wildman–Crippen LogP) is 2.31. The number of Topliss-reactive ketones (excluding diaryl/α,β-unsaturated/α-hetero) is 1. The van der Waals surface area contributed by atoms with Crippen molar-refractivity contribution in [3.63, 3.8) is 0 Å². The first-order chi connectivity index (χ1) is 10.5. The van der Waals surface area contributed by atoms with Gasteiger partial charge < -0.3 is 4.74 Å². The third-order valence-electron chi connectivity index (χ3n) is 5.20. The third kappa shape index (κ3) is 2.24. The molecular formula is C17H20FNO3. The average molecular weight is 305 g/mol. The van der Waals surface area contributed by atoms with Crippen molar-refractivity contribution >= 4 is 11.8 Å². The second-order valence-corrected chi connectivity index (χ2v) is 6.37. The van der Waals surface area contributed by atoms with Gasteiger partial charge in [-0.3, -0.25) is 14.5 Å². The first-order valence-electron chi connectivity index (χ1n) is 7.58. The van der Waals surface area contributed by atoms with Gasteiger partial charge in [-0.25, -0.2) is 4.39 Å². The molecular weight excluding hydrogens is 285 g/mol. The molecule has 3 atom stereocenters. The van der Waals surface area contributed by atoms with Gasteiger partial charge in [-0.2, -0.15) is 0 Å². The van der Waals surface area contributed by atoms with Crippen LogP contribution in [0.4, 0.5) is 4.39 Å². The van der Waals surface area contributed by atoms with Crippen LogP contribution in [0.15, 0.2) is 24.3 Å². The molecule has 0 amide bonds. The van der Waals surface area contributed by atoms with E-state index in [0.717, 1.165) is 18.4 Å². The molecule has 2 saturated heterocycles. The molecule has 4 nitrogen and oxygen atoms in total. The van der Waals surface area contributed by atoms with Crippen LogP contribution in [0.25, 0.3) is 0 Å². The van der Waals surface area contributed by atoms with Gasteiger partial charge in [0.15, 0.2) is 5.78 Å². The largest absolute Gasteiger partial charge is 0.468 e. The molecule has 0 radical (unpaired) electrons. The molecule has 5 heteroatoms. The zero-order valence-corrected chi connectivity index (χ0v) is 12.8. The minimum atomic E-state index is -1.10. The van der Waals surface area contributed by atoms with Crippen molar-refractivity contribution in [3.05, 3.63) is 35.6 Å². The van der Waals surface area contributed by atoms with Crippen LogP contribution in [0.1, 0.15) is 31.7 Å². The molecule has 2 bridgehead atoms. The lowest BCUT2D eigenvalue weighted by molar-refractivity contribution is -0.165. The van der Waals surface area contributed by atoms with Crippen LogP contribution in [0.3, 0.4) is 0 Å². The van der Waals surface area contributed by atoms with Crippen molar-refractivity contribution < 1.29 is 18.7 Å². The molecule has 0 saturated carbocycles. The Balaban J connectivity index is 1.88. The number of hydrogen-bond donors (Lipinski definition) is 0. The summed E-state index contributed by atoms with van der Waals surface area (Å²) in [5.41, 5.74) is -0.109. The van der Waals surface area contributed by atoms with Gasteiger partial charge in [0, 0.05) is 25.0 Å². The van der Waals surface area contributed by atoms with Gasteiger partial charge in [-0.15, -0.1) is 0 Å². The Morgan fingerprint density at radius 2 is 2.05 bits per heavy atom. The maximum atomic E-state index is 13.0. The van der Waals surface area contributed by atoms with E-state index in [1.165, 1.54) is 19.2 Å². The number of esters is 1. The first kappa shape index (κ1) is 15.2. The molecule has 0 aliphatic carbocycles. The molecule has 2 heterocycles. The van der Waals surface area contributed by atoms with Crippen molar-refractivity contribution in [2.75, 3.05) is 7.11 Å². The standard InChI is InChI=1S/C17H20FNO3/c1-17(16(21)22-2)14-8-7-13(9-15(17)20)19(14)10-11-3-5-12(18)6-4-11/h3-6,13-14H,7-10H2,1-2H3/t13-,14-,17+/m1/s1. The summed E-state index contributed by atoms with van der Waals surface area (Å²) in [6, 6.07) is 6.40. The van der Waals surface area contributed by atoms with Gasteiger partial charge in [0.05, 0.1) is 7.11 Å². The lowest BCUT2D eigenvalue weighted by atomic mass is 9.74. The number of nitrogens with zero attached hydrogens (tertiary/aromatic N) is 1. The van der Waals surface area contributed by atoms with Crippen molar-refractivity contribution in [1.82, 2.24) is 4.90 Å². The van der Waals surface area contributed by atoms with Crippen molar-refractivity contribution in [2.45, 2.75) is 44.8 Å². The fourth-order valence-corrected chi connectivity index (χ4v) is 3.89. The molecule has 2 fully saturated rings. The fourth-order valence-electron chi connectivity index (χ4n) is 3.89. The van der Waals surface area contributed by atoms with Crippen molar-refractivity contribution in [3.8, 4) is 0 Å². The van der Waals surface area contributed by atoms with E-state index in [1.54, 1.807) is 19.1 Å². The highest BCUT2D eigenvalue weighted by Gasteiger charge is 2.58. The molecule has 3 rings (SSSR count). The second-order valence-electron chi connectivity index (χ2n) is 6.37. The topological polar surface area (TPSA) is 46.6 Å². The Bertz CT molecular complexity index is 600. The van der Waals surface area contributed by atoms with Gasteiger partial charge in [0.1, 0.15) is 11.2 Å². The molecule has 118 valence electrons. The Kier molecular flexibility index (Phi) is 3.77. The minimum absolute atomic E-state index is 0.0257. The molecule has 2 aliphatic rings. The summed E-state index contributed by atoms with van der Waals surface area (Å²) in [6.45, 7) is 2.32. The molecule has 2 aliphatic heterocycles. The van der Waals surface area contributed by atoms with E-state index in [1.807, 2.05) is 0 Å². The third-order valence-corrected chi connectivity index (χ3v) is 5.20. The maximum absolute atomic E-state index is 13.0. The quantitative estimate of drug-likeness (QED) is 0.635. The Morgan fingerprint density at radius 1 is 1.36 bits per heavy atom. The van der Waals surface area contributed by atoms with E-state index in [-0.39, 0.29) is 23.7 Å². The van der Waals surface area contributed by atoms with Gasteiger partial charge in [-0.1, -0.05) is 12.1 Å². The summed E-state index contributed by atoms with van der Waals surface area (Å²) in [5, 5.41) is 0. The average Bonchev–Trinajstić information content (AvgIpc) is 2.84. The molecule has 1 aromatic carbocycles. The lowest BCUT2D eigenvalue weighted by Crippen LogP contribution is -2.58. The summed E-state index contributed by atoms with van der Waals surface area (Å²) >= 11 is 0. The Labute approximate surface area is 129 Å². The number of benzene rings is 1. The van der Waals surface area contributed by atoms with E-state index in [9.17, 15) is 14.0 Å². The van der Waals surface area contributed by atoms with E-state index in [0.29, 0.717) is 13.0 Å². The highest BCUT2D eigenvalue weighted by Crippen LogP contribution is 2.45. The van der Waals surface area contributed by atoms with E-state index in [2.05, 4.69) is 4.90 Å². The summed E-state index contributed by atoms with van der Waals surface area (Å²) in [7, 11) is 1.33.